The molecule has 0 radical (unpaired) electrons. The predicted molar refractivity (Wildman–Crippen MR) is 64.7 cm³/mol. The molecule has 2 aliphatic rings. The molecule has 0 nitrogen and oxygen atoms in total. The number of rotatable bonds is 1. The first kappa shape index (κ1) is 9.21. The highest BCUT2D eigenvalue weighted by molar-refractivity contribution is 5.78. The topological polar surface area (TPSA) is 0 Å². The molecule has 15 heavy (non-hydrogen) atoms. The first-order chi connectivity index (χ1) is 7.40. The molecular weight excluding hydrogens is 180 g/mol. The van der Waals surface area contributed by atoms with Crippen LogP contribution in [0.2, 0.25) is 0 Å². The van der Waals surface area contributed by atoms with E-state index in [4.69, 9.17) is 0 Å². The van der Waals surface area contributed by atoms with Crippen LogP contribution in [0, 0.1) is 5.92 Å². The van der Waals surface area contributed by atoms with Crippen molar-refractivity contribution in [3.05, 3.63) is 41.0 Å². The average Bonchev–Trinajstić information content (AvgIpc) is 2.67. The van der Waals surface area contributed by atoms with Crippen LogP contribution in [0.3, 0.4) is 0 Å². The highest BCUT2D eigenvalue weighted by Crippen LogP contribution is 2.45. The highest BCUT2D eigenvalue weighted by Gasteiger charge is 2.28. The summed E-state index contributed by atoms with van der Waals surface area (Å²) in [5, 5.41) is 0. The molecule has 0 N–H and O–H groups in total. The summed E-state index contributed by atoms with van der Waals surface area (Å²) >= 11 is 0. The van der Waals surface area contributed by atoms with Crippen LogP contribution in [0.15, 0.2) is 29.8 Å². The molecule has 1 aromatic carbocycles. The van der Waals surface area contributed by atoms with Gasteiger partial charge in [-0.1, -0.05) is 36.8 Å². The van der Waals surface area contributed by atoms with Gasteiger partial charge in [-0.05, 0) is 54.7 Å². The Bertz CT molecular complexity index is 412. The Labute approximate surface area is 92.0 Å². The van der Waals surface area contributed by atoms with Crippen molar-refractivity contribution in [3.8, 4) is 0 Å². The summed E-state index contributed by atoms with van der Waals surface area (Å²) in [5.41, 5.74) is 6.61. The van der Waals surface area contributed by atoms with Crippen molar-refractivity contribution in [2.24, 2.45) is 5.92 Å². The first-order valence-electron chi connectivity index (χ1n) is 6.20. The van der Waals surface area contributed by atoms with Gasteiger partial charge in [0.05, 0.1) is 0 Å². The fraction of sp³-hybridized carbons (Fsp3) is 0.467. The molecule has 0 spiro atoms. The second-order valence-electron chi connectivity index (χ2n) is 4.85. The SMILES string of the molecule is CCC1CCCC2=C1c1ccccc1C2. The molecule has 78 valence electrons. The maximum Gasteiger partial charge on any atom is -0.00549 e. The van der Waals surface area contributed by atoms with Gasteiger partial charge < -0.3 is 0 Å². The number of hydrogen-bond donors (Lipinski definition) is 0. The molecule has 1 atom stereocenters. The van der Waals surface area contributed by atoms with Crippen molar-refractivity contribution in [3.63, 3.8) is 0 Å². The molecule has 0 saturated carbocycles. The zero-order chi connectivity index (χ0) is 10.3. The predicted octanol–water partition coefficient (Wildman–Crippen LogP) is 4.21. The summed E-state index contributed by atoms with van der Waals surface area (Å²) in [5.74, 6) is 0.845. The second-order valence-corrected chi connectivity index (χ2v) is 4.85. The van der Waals surface area contributed by atoms with Crippen LogP contribution in [0.25, 0.3) is 5.57 Å². The van der Waals surface area contributed by atoms with Crippen LogP contribution in [0.5, 0.6) is 0 Å². The maximum atomic E-state index is 2.33. The van der Waals surface area contributed by atoms with Crippen molar-refractivity contribution in [2.75, 3.05) is 0 Å². The zero-order valence-corrected chi connectivity index (χ0v) is 9.42. The largest absolute Gasteiger partial charge is 0.0648 e. The Balaban J connectivity index is 2.09. The fourth-order valence-corrected chi connectivity index (χ4v) is 3.30. The molecule has 3 rings (SSSR count). The number of benzene rings is 1. The third-order valence-corrected chi connectivity index (χ3v) is 4.02. The summed E-state index contributed by atoms with van der Waals surface area (Å²) in [7, 11) is 0. The van der Waals surface area contributed by atoms with Crippen LogP contribution in [0.1, 0.15) is 43.7 Å². The van der Waals surface area contributed by atoms with Gasteiger partial charge in [-0.15, -0.1) is 0 Å². The van der Waals surface area contributed by atoms with E-state index in [0.717, 1.165) is 5.92 Å². The Kier molecular flexibility index (Phi) is 2.16. The molecule has 2 aliphatic carbocycles. The van der Waals surface area contributed by atoms with E-state index in [1.165, 1.54) is 32.1 Å². The normalized spacial score (nSPS) is 23.9. The summed E-state index contributed by atoms with van der Waals surface area (Å²) in [6.45, 7) is 2.33. The van der Waals surface area contributed by atoms with Gasteiger partial charge in [0.15, 0.2) is 0 Å². The third-order valence-electron chi connectivity index (χ3n) is 4.02. The van der Waals surface area contributed by atoms with Crippen LogP contribution >= 0.6 is 0 Å². The van der Waals surface area contributed by atoms with Crippen molar-refractivity contribution in [1.82, 2.24) is 0 Å². The molecule has 0 heterocycles. The lowest BCUT2D eigenvalue weighted by Gasteiger charge is -2.24. The van der Waals surface area contributed by atoms with Gasteiger partial charge in [-0.3, -0.25) is 0 Å². The monoisotopic (exact) mass is 198 g/mol. The molecule has 1 aromatic rings. The highest BCUT2D eigenvalue weighted by atomic mass is 14.3. The first-order valence-corrected chi connectivity index (χ1v) is 6.20. The number of hydrogen-bond acceptors (Lipinski definition) is 0. The molecule has 0 amide bonds. The minimum absolute atomic E-state index is 0.845. The molecule has 0 heteroatoms. The summed E-state index contributed by atoms with van der Waals surface area (Å²) in [6.07, 6.45) is 6.71. The Morgan fingerprint density at radius 1 is 1.27 bits per heavy atom. The Hall–Kier alpha value is -1.04. The molecule has 0 aliphatic heterocycles. The lowest BCUT2D eigenvalue weighted by Crippen LogP contribution is -2.07. The van der Waals surface area contributed by atoms with Gasteiger partial charge >= 0.3 is 0 Å². The molecule has 0 saturated heterocycles. The zero-order valence-electron chi connectivity index (χ0n) is 9.42. The standard InChI is InChI=1S/C15H18/c1-2-11-7-5-8-13-10-12-6-3-4-9-14(12)15(11)13/h3-4,6,9,11H,2,5,7-8,10H2,1H3. The lowest BCUT2D eigenvalue weighted by atomic mass is 9.81. The lowest BCUT2D eigenvalue weighted by molar-refractivity contribution is 0.533. The number of allylic oxidation sites excluding steroid dienone is 2. The van der Waals surface area contributed by atoms with E-state index in [1.807, 2.05) is 0 Å². The maximum absolute atomic E-state index is 2.33. The van der Waals surface area contributed by atoms with Crippen LogP contribution in [-0.2, 0) is 6.42 Å². The minimum Gasteiger partial charge on any atom is -0.0648 e. The summed E-state index contributed by atoms with van der Waals surface area (Å²) in [4.78, 5) is 0. The van der Waals surface area contributed by atoms with Crippen molar-refractivity contribution >= 4 is 5.57 Å². The van der Waals surface area contributed by atoms with Gasteiger partial charge in [0.1, 0.15) is 0 Å². The Morgan fingerprint density at radius 3 is 3.00 bits per heavy atom. The Morgan fingerprint density at radius 2 is 2.13 bits per heavy atom. The van der Waals surface area contributed by atoms with Gasteiger partial charge in [-0.2, -0.15) is 0 Å². The van der Waals surface area contributed by atoms with Gasteiger partial charge in [0, 0.05) is 0 Å². The minimum atomic E-state index is 0.845. The molecule has 0 aromatic heterocycles. The van der Waals surface area contributed by atoms with E-state index in [2.05, 4.69) is 31.2 Å². The van der Waals surface area contributed by atoms with E-state index < -0.39 is 0 Å². The van der Waals surface area contributed by atoms with Crippen molar-refractivity contribution in [2.45, 2.75) is 39.0 Å². The second kappa shape index (κ2) is 3.52. The molecular formula is C15H18. The smallest absolute Gasteiger partial charge is 0.00549 e. The van der Waals surface area contributed by atoms with Crippen LogP contribution < -0.4 is 0 Å². The van der Waals surface area contributed by atoms with E-state index >= 15 is 0 Å². The summed E-state index contributed by atoms with van der Waals surface area (Å²) < 4.78 is 0. The van der Waals surface area contributed by atoms with Crippen LogP contribution in [0.4, 0.5) is 0 Å². The molecule has 0 bridgehead atoms. The number of fused-ring (bicyclic) bond motifs is 2. The molecule has 1 unspecified atom stereocenters. The van der Waals surface area contributed by atoms with Gasteiger partial charge in [0.25, 0.3) is 0 Å². The van der Waals surface area contributed by atoms with E-state index in [9.17, 15) is 0 Å². The average molecular weight is 198 g/mol. The van der Waals surface area contributed by atoms with E-state index in [-0.39, 0.29) is 0 Å². The quantitative estimate of drug-likeness (QED) is 0.634. The van der Waals surface area contributed by atoms with Gasteiger partial charge in [-0.25, -0.2) is 0 Å². The van der Waals surface area contributed by atoms with Crippen molar-refractivity contribution < 1.29 is 0 Å². The third kappa shape index (κ3) is 1.35. The van der Waals surface area contributed by atoms with Gasteiger partial charge in [0.2, 0.25) is 0 Å². The van der Waals surface area contributed by atoms with Crippen LogP contribution in [-0.4, -0.2) is 0 Å². The van der Waals surface area contributed by atoms with Crippen molar-refractivity contribution in [1.29, 1.82) is 0 Å². The summed E-state index contributed by atoms with van der Waals surface area (Å²) in [6, 6.07) is 9.00. The van der Waals surface area contributed by atoms with E-state index in [1.54, 1.807) is 22.3 Å². The van der Waals surface area contributed by atoms with E-state index in [0.29, 0.717) is 0 Å². The fourth-order valence-electron chi connectivity index (χ4n) is 3.30. The molecule has 0 fully saturated rings.